The van der Waals surface area contributed by atoms with Gasteiger partial charge in [-0.1, -0.05) is 23.7 Å². The molecule has 6 nitrogen and oxygen atoms in total. The Morgan fingerprint density at radius 3 is 2.75 bits per heavy atom. The molecular formula is C17H14ClN3O3. The highest BCUT2D eigenvalue weighted by Crippen LogP contribution is 2.20. The SMILES string of the molecule is O=C(COc1ccc(-c2nnco2)cc1)NCc1cccc(Cl)c1. The molecule has 122 valence electrons. The fourth-order valence-electron chi connectivity index (χ4n) is 2.04. The maximum absolute atomic E-state index is 11.8. The summed E-state index contributed by atoms with van der Waals surface area (Å²) in [5, 5.41) is 10.9. The number of carbonyl (C=O) groups is 1. The van der Waals surface area contributed by atoms with Crippen LogP contribution in [0.15, 0.2) is 59.3 Å². The summed E-state index contributed by atoms with van der Waals surface area (Å²) in [6.45, 7) is 0.333. The van der Waals surface area contributed by atoms with E-state index in [9.17, 15) is 4.79 Å². The molecule has 2 aromatic carbocycles. The van der Waals surface area contributed by atoms with Crippen molar-refractivity contribution in [3.63, 3.8) is 0 Å². The third-order valence-electron chi connectivity index (χ3n) is 3.21. The Bertz CT molecular complexity index is 804. The van der Waals surface area contributed by atoms with Crippen LogP contribution in [-0.4, -0.2) is 22.7 Å². The van der Waals surface area contributed by atoms with E-state index in [2.05, 4.69) is 15.5 Å². The average molecular weight is 344 g/mol. The van der Waals surface area contributed by atoms with Crippen molar-refractivity contribution in [2.75, 3.05) is 6.61 Å². The highest BCUT2D eigenvalue weighted by molar-refractivity contribution is 6.30. The van der Waals surface area contributed by atoms with Gasteiger partial charge in [0, 0.05) is 17.1 Å². The maximum atomic E-state index is 11.8. The lowest BCUT2D eigenvalue weighted by Gasteiger charge is -2.08. The van der Waals surface area contributed by atoms with Gasteiger partial charge in [0.25, 0.3) is 5.91 Å². The Labute approximate surface area is 143 Å². The minimum Gasteiger partial charge on any atom is -0.484 e. The second kappa shape index (κ2) is 7.61. The molecule has 3 aromatic rings. The topological polar surface area (TPSA) is 77.2 Å². The number of benzene rings is 2. The van der Waals surface area contributed by atoms with Gasteiger partial charge in [0.2, 0.25) is 12.3 Å². The number of nitrogens with one attached hydrogen (secondary N) is 1. The summed E-state index contributed by atoms with van der Waals surface area (Å²) in [5.74, 6) is 0.799. The third-order valence-corrected chi connectivity index (χ3v) is 3.45. The molecule has 3 rings (SSSR count). The Balaban J connectivity index is 1.47. The number of ether oxygens (including phenoxy) is 1. The second-order valence-electron chi connectivity index (χ2n) is 4.96. The molecule has 1 N–H and O–H groups in total. The van der Waals surface area contributed by atoms with Gasteiger partial charge in [-0.2, -0.15) is 0 Å². The molecule has 0 aliphatic rings. The number of carbonyl (C=O) groups excluding carboxylic acids is 1. The molecule has 0 saturated heterocycles. The predicted molar refractivity (Wildman–Crippen MR) is 88.5 cm³/mol. The molecule has 1 heterocycles. The largest absolute Gasteiger partial charge is 0.484 e. The number of nitrogens with zero attached hydrogens (tertiary/aromatic N) is 2. The summed E-state index contributed by atoms with van der Waals surface area (Å²) in [7, 11) is 0. The predicted octanol–water partition coefficient (Wildman–Crippen LogP) is 3.09. The first-order valence-electron chi connectivity index (χ1n) is 7.21. The van der Waals surface area contributed by atoms with Crippen LogP contribution in [0, 0.1) is 0 Å². The van der Waals surface area contributed by atoms with E-state index in [1.54, 1.807) is 36.4 Å². The quantitative estimate of drug-likeness (QED) is 0.744. The minimum absolute atomic E-state index is 0.0690. The van der Waals surface area contributed by atoms with E-state index in [0.717, 1.165) is 11.1 Å². The zero-order chi connectivity index (χ0) is 16.8. The minimum atomic E-state index is -0.212. The number of hydrogen-bond acceptors (Lipinski definition) is 5. The molecule has 0 aliphatic heterocycles. The molecular weight excluding hydrogens is 330 g/mol. The van der Waals surface area contributed by atoms with Crippen molar-refractivity contribution in [2.24, 2.45) is 0 Å². The zero-order valence-electron chi connectivity index (χ0n) is 12.6. The van der Waals surface area contributed by atoms with Crippen molar-refractivity contribution in [3.05, 3.63) is 65.5 Å². The molecule has 24 heavy (non-hydrogen) atoms. The normalized spacial score (nSPS) is 10.4. The van der Waals surface area contributed by atoms with E-state index in [1.165, 1.54) is 6.39 Å². The smallest absolute Gasteiger partial charge is 0.258 e. The van der Waals surface area contributed by atoms with Crippen LogP contribution in [0.2, 0.25) is 5.02 Å². The molecule has 0 bridgehead atoms. The summed E-state index contributed by atoms with van der Waals surface area (Å²) >= 11 is 5.90. The van der Waals surface area contributed by atoms with E-state index in [4.69, 9.17) is 20.8 Å². The van der Waals surface area contributed by atoms with Crippen LogP contribution < -0.4 is 10.1 Å². The molecule has 0 atom stereocenters. The highest BCUT2D eigenvalue weighted by atomic mass is 35.5. The van der Waals surface area contributed by atoms with Crippen LogP contribution >= 0.6 is 11.6 Å². The van der Waals surface area contributed by atoms with Crippen LogP contribution in [0.5, 0.6) is 5.75 Å². The van der Waals surface area contributed by atoms with Crippen LogP contribution in [0.1, 0.15) is 5.56 Å². The standard InChI is InChI=1S/C17H14ClN3O3/c18-14-3-1-2-12(8-14)9-19-16(22)10-23-15-6-4-13(5-7-15)17-21-20-11-24-17/h1-8,11H,9-10H2,(H,19,22). The van der Waals surface area contributed by atoms with Crippen molar-refractivity contribution in [1.82, 2.24) is 15.5 Å². The number of rotatable bonds is 6. The van der Waals surface area contributed by atoms with Crippen LogP contribution in [0.4, 0.5) is 0 Å². The molecule has 1 aromatic heterocycles. The second-order valence-corrected chi connectivity index (χ2v) is 5.40. The molecule has 0 spiro atoms. The fourth-order valence-corrected chi connectivity index (χ4v) is 2.25. The number of hydrogen-bond donors (Lipinski definition) is 1. The van der Waals surface area contributed by atoms with E-state index >= 15 is 0 Å². The monoisotopic (exact) mass is 343 g/mol. The van der Waals surface area contributed by atoms with E-state index < -0.39 is 0 Å². The van der Waals surface area contributed by atoms with Gasteiger partial charge < -0.3 is 14.5 Å². The van der Waals surface area contributed by atoms with Gasteiger partial charge >= 0.3 is 0 Å². The first kappa shape index (κ1) is 16.0. The summed E-state index contributed by atoms with van der Waals surface area (Å²) in [6.07, 6.45) is 1.27. The highest BCUT2D eigenvalue weighted by Gasteiger charge is 2.06. The van der Waals surface area contributed by atoms with Crippen molar-refractivity contribution in [2.45, 2.75) is 6.54 Å². The lowest BCUT2D eigenvalue weighted by atomic mass is 10.2. The summed E-state index contributed by atoms with van der Waals surface area (Å²) in [5.41, 5.74) is 1.71. The Morgan fingerprint density at radius 2 is 2.04 bits per heavy atom. The van der Waals surface area contributed by atoms with Gasteiger partial charge in [-0.25, -0.2) is 0 Å². The summed E-state index contributed by atoms with van der Waals surface area (Å²) < 4.78 is 10.6. The van der Waals surface area contributed by atoms with Crippen LogP contribution in [0.3, 0.4) is 0 Å². The number of halogens is 1. The van der Waals surface area contributed by atoms with Gasteiger partial charge in [-0.15, -0.1) is 10.2 Å². The molecule has 0 saturated carbocycles. The molecule has 7 heteroatoms. The van der Waals surface area contributed by atoms with Crippen LogP contribution in [-0.2, 0) is 11.3 Å². The first-order chi connectivity index (χ1) is 11.7. The van der Waals surface area contributed by atoms with Gasteiger partial charge in [0.1, 0.15) is 5.75 Å². The maximum Gasteiger partial charge on any atom is 0.258 e. The first-order valence-corrected chi connectivity index (χ1v) is 7.59. The van der Waals surface area contributed by atoms with E-state index in [1.807, 2.05) is 12.1 Å². The summed E-state index contributed by atoms with van der Waals surface area (Å²) in [4.78, 5) is 11.8. The molecule has 0 unspecified atom stereocenters. The molecule has 1 amide bonds. The lowest BCUT2D eigenvalue weighted by Crippen LogP contribution is -2.28. The van der Waals surface area contributed by atoms with Crippen LogP contribution in [0.25, 0.3) is 11.5 Å². The van der Waals surface area contributed by atoms with Crippen molar-refractivity contribution >= 4 is 17.5 Å². The average Bonchev–Trinajstić information content (AvgIpc) is 3.13. The molecule has 0 aliphatic carbocycles. The van der Waals surface area contributed by atoms with E-state index in [0.29, 0.717) is 23.2 Å². The number of amides is 1. The Hall–Kier alpha value is -2.86. The third kappa shape index (κ3) is 4.33. The van der Waals surface area contributed by atoms with Crippen molar-refractivity contribution in [3.8, 4) is 17.2 Å². The summed E-state index contributed by atoms with van der Waals surface area (Å²) in [6, 6.07) is 14.4. The van der Waals surface area contributed by atoms with Crippen molar-refractivity contribution < 1.29 is 13.9 Å². The zero-order valence-corrected chi connectivity index (χ0v) is 13.4. The van der Waals surface area contributed by atoms with Crippen molar-refractivity contribution in [1.29, 1.82) is 0 Å². The van der Waals surface area contributed by atoms with Gasteiger partial charge in [0.15, 0.2) is 6.61 Å². The van der Waals surface area contributed by atoms with Gasteiger partial charge in [-0.3, -0.25) is 4.79 Å². The number of aromatic nitrogens is 2. The van der Waals surface area contributed by atoms with E-state index in [-0.39, 0.29) is 12.5 Å². The molecule has 0 radical (unpaired) electrons. The van der Waals surface area contributed by atoms with Gasteiger partial charge in [0.05, 0.1) is 0 Å². The Kier molecular flexibility index (Phi) is 5.08. The molecule has 0 fully saturated rings. The lowest BCUT2D eigenvalue weighted by molar-refractivity contribution is -0.123. The fraction of sp³-hybridized carbons (Fsp3) is 0.118. The van der Waals surface area contributed by atoms with Gasteiger partial charge in [-0.05, 0) is 42.0 Å². The Morgan fingerprint density at radius 1 is 1.21 bits per heavy atom.